The molecule has 31 heavy (non-hydrogen) atoms. The molecule has 5 heteroatoms. The van der Waals surface area contributed by atoms with Crippen molar-refractivity contribution in [1.29, 1.82) is 0 Å². The molecule has 1 aliphatic rings. The Bertz CT molecular complexity index is 1180. The molecule has 4 rings (SSSR count). The monoisotopic (exact) mass is 415 g/mol. The number of aliphatic hydroxyl groups is 1. The quantitative estimate of drug-likeness (QED) is 0.368. The maximum atomic E-state index is 13.6. The Balaban J connectivity index is 1.90. The van der Waals surface area contributed by atoms with Crippen molar-refractivity contribution in [2.45, 2.75) is 26.4 Å². The lowest BCUT2D eigenvalue weighted by Gasteiger charge is -2.25. The fraction of sp³-hybridized carbons (Fsp3) is 0.154. The van der Waals surface area contributed by atoms with Gasteiger partial charge in [-0.1, -0.05) is 60.2 Å². The van der Waals surface area contributed by atoms with Crippen molar-refractivity contribution in [3.05, 3.63) is 112 Å². The second kappa shape index (κ2) is 8.19. The number of rotatable bonds is 4. The van der Waals surface area contributed by atoms with Crippen molar-refractivity contribution in [2.24, 2.45) is 0 Å². The van der Waals surface area contributed by atoms with Crippen molar-refractivity contribution in [2.75, 3.05) is 0 Å². The molecule has 0 aliphatic carbocycles. The van der Waals surface area contributed by atoms with Crippen molar-refractivity contribution >= 4 is 17.4 Å². The van der Waals surface area contributed by atoms with E-state index in [0.717, 1.165) is 16.7 Å². The maximum Gasteiger partial charge on any atom is 0.295 e. The molecule has 0 aromatic heterocycles. The Kier molecular flexibility index (Phi) is 5.42. The molecule has 0 bridgehead atoms. The molecule has 4 nitrogen and oxygen atoms in total. The first-order chi connectivity index (χ1) is 14.9. The molecule has 1 unspecified atom stereocenters. The molecule has 3 aromatic carbocycles. The zero-order valence-electron chi connectivity index (χ0n) is 17.3. The van der Waals surface area contributed by atoms with Gasteiger partial charge in [-0.25, -0.2) is 4.39 Å². The minimum atomic E-state index is -0.819. The van der Waals surface area contributed by atoms with Gasteiger partial charge < -0.3 is 10.0 Å². The number of aryl methyl sites for hydroxylation is 2. The first-order valence-corrected chi connectivity index (χ1v) is 10.0. The van der Waals surface area contributed by atoms with Crippen molar-refractivity contribution in [3.63, 3.8) is 0 Å². The molecule has 1 atom stereocenters. The summed E-state index contributed by atoms with van der Waals surface area (Å²) in [5.74, 6) is -2.07. The van der Waals surface area contributed by atoms with E-state index in [2.05, 4.69) is 0 Å². The van der Waals surface area contributed by atoms with Gasteiger partial charge in [-0.05, 0) is 48.7 Å². The number of carbonyl (C=O) groups excluding carboxylic acids is 2. The summed E-state index contributed by atoms with van der Waals surface area (Å²) in [4.78, 5) is 27.5. The number of halogens is 1. The molecule has 1 saturated heterocycles. The van der Waals surface area contributed by atoms with Crippen molar-refractivity contribution in [3.8, 4) is 0 Å². The fourth-order valence-corrected chi connectivity index (χ4v) is 3.95. The molecule has 1 fully saturated rings. The van der Waals surface area contributed by atoms with Crippen LogP contribution in [0, 0.1) is 19.7 Å². The van der Waals surface area contributed by atoms with Crippen LogP contribution >= 0.6 is 0 Å². The third kappa shape index (κ3) is 3.87. The summed E-state index contributed by atoms with van der Waals surface area (Å²) in [5, 5.41) is 11.2. The van der Waals surface area contributed by atoms with Crippen LogP contribution in [0.25, 0.3) is 5.76 Å². The third-order valence-corrected chi connectivity index (χ3v) is 5.57. The topological polar surface area (TPSA) is 57.6 Å². The summed E-state index contributed by atoms with van der Waals surface area (Å²) in [7, 11) is 0. The van der Waals surface area contributed by atoms with E-state index in [4.69, 9.17) is 0 Å². The molecular weight excluding hydrogens is 393 g/mol. The predicted octanol–water partition coefficient (Wildman–Crippen LogP) is 5.06. The molecular formula is C26H22FNO3. The lowest BCUT2D eigenvalue weighted by molar-refractivity contribution is -0.140. The van der Waals surface area contributed by atoms with E-state index in [1.165, 1.54) is 17.0 Å². The van der Waals surface area contributed by atoms with Crippen LogP contribution in [0.5, 0.6) is 0 Å². The van der Waals surface area contributed by atoms with Crippen LogP contribution in [0.2, 0.25) is 0 Å². The Hall–Kier alpha value is -3.73. The highest BCUT2D eigenvalue weighted by molar-refractivity contribution is 6.46. The van der Waals surface area contributed by atoms with E-state index >= 15 is 0 Å². The molecule has 1 aliphatic heterocycles. The average Bonchev–Trinajstić information content (AvgIpc) is 3.01. The number of benzene rings is 3. The van der Waals surface area contributed by atoms with Gasteiger partial charge in [0.1, 0.15) is 11.6 Å². The van der Waals surface area contributed by atoms with E-state index in [0.29, 0.717) is 11.1 Å². The minimum absolute atomic E-state index is 0.0150. The van der Waals surface area contributed by atoms with Crippen LogP contribution in [-0.2, 0) is 16.1 Å². The first kappa shape index (κ1) is 20.5. The normalized spacial score (nSPS) is 17.9. The number of Topliss-reactive ketones (excluding diaryl/α,β-unsaturated/α-hetero) is 1. The summed E-state index contributed by atoms with van der Waals surface area (Å²) >= 11 is 0. The molecule has 3 aromatic rings. The Labute approximate surface area is 180 Å². The van der Waals surface area contributed by atoms with E-state index < -0.39 is 23.5 Å². The van der Waals surface area contributed by atoms with Crippen LogP contribution in [0.3, 0.4) is 0 Å². The number of hydrogen-bond acceptors (Lipinski definition) is 3. The van der Waals surface area contributed by atoms with Gasteiger partial charge in [0.05, 0.1) is 11.6 Å². The molecule has 0 saturated carbocycles. The van der Waals surface area contributed by atoms with Crippen LogP contribution in [-0.4, -0.2) is 21.7 Å². The van der Waals surface area contributed by atoms with Gasteiger partial charge in [0.15, 0.2) is 0 Å². The van der Waals surface area contributed by atoms with E-state index in [1.807, 2.05) is 56.3 Å². The number of carbonyl (C=O) groups is 2. The molecule has 1 heterocycles. The van der Waals surface area contributed by atoms with Crippen molar-refractivity contribution < 1.29 is 19.1 Å². The van der Waals surface area contributed by atoms with Gasteiger partial charge in [-0.3, -0.25) is 9.59 Å². The third-order valence-electron chi connectivity index (χ3n) is 5.57. The summed E-state index contributed by atoms with van der Waals surface area (Å²) in [6, 6.07) is 19.7. The Morgan fingerprint density at radius 1 is 0.968 bits per heavy atom. The average molecular weight is 415 g/mol. The fourth-order valence-electron chi connectivity index (χ4n) is 3.95. The van der Waals surface area contributed by atoms with Gasteiger partial charge in [0.2, 0.25) is 0 Å². The van der Waals surface area contributed by atoms with Gasteiger partial charge in [0.25, 0.3) is 11.7 Å². The van der Waals surface area contributed by atoms with Gasteiger partial charge in [-0.2, -0.15) is 0 Å². The van der Waals surface area contributed by atoms with Crippen LogP contribution < -0.4 is 0 Å². The smallest absolute Gasteiger partial charge is 0.295 e. The largest absolute Gasteiger partial charge is 0.507 e. The van der Waals surface area contributed by atoms with Gasteiger partial charge in [0, 0.05) is 12.1 Å². The lowest BCUT2D eigenvalue weighted by atomic mass is 9.93. The highest BCUT2D eigenvalue weighted by atomic mass is 19.1. The molecule has 1 N–H and O–H groups in total. The minimum Gasteiger partial charge on any atom is -0.507 e. The number of hydrogen-bond donors (Lipinski definition) is 1. The van der Waals surface area contributed by atoms with E-state index in [-0.39, 0.29) is 17.9 Å². The SMILES string of the molecule is Cc1ccc(C)c(C(O)=C2C(=O)C(=O)N(Cc3ccccc3)C2c2ccc(F)cc2)c1. The van der Waals surface area contributed by atoms with Crippen molar-refractivity contribution in [1.82, 2.24) is 4.90 Å². The second-order valence-electron chi connectivity index (χ2n) is 7.78. The summed E-state index contributed by atoms with van der Waals surface area (Å²) in [5.41, 5.74) is 3.64. The number of amides is 1. The number of nitrogens with zero attached hydrogens (tertiary/aromatic N) is 1. The zero-order chi connectivity index (χ0) is 22.1. The summed E-state index contributed by atoms with van der Waals surface area (Å²) in [6.07, 6.45) is 0. The zero-order valence-corrected chi connectivity index (χ0v) is 17.3. The van der Waals surface area contributed by atoms with Crippen LogP contribution in [0.15, 0.2) is 78.4 Å². The highest BCUT2D eigenvalue weighted by Crippen LogP contribution is 2.40. The van der Waals surface area contributed by atoms with Gasteiger partial charge in [-0.15, -0.1) is 0 Å². The first-order valence-electron chi connectivity index (χ1n) is 10.0. The Morgan fingerprint density at radius 3 is 2.32 bits per heavy atom. The number of aliphatic hydroxyl groups excluding tert-OH is 1. The van der Waals surface area contributed by atoms with Crippen LogP contribution in [0.4, 0.5) is 4.39 Å². The van der Waals surface area contributed by atoms with E-state index in [1.54, 1.807) is 18.2 Å². The molecule has 156 valence electrons. The van der Waals surface area contributed by atoms with Crippen LogP contribution in [0.1, 0.15) is 33.9 Å². The summed E-state index contributed by atoms with van der Waals surface area (Å²) in [6.45, 7) is 3.92. The Morgan fingerprint density at radius 2 is 1.65 bits per heavy atom. The number of ketones is 1. The van der Waals surface area contributed by atoms with Gasteiger partial charge >= 0.3 is 0 Å². The summed E-state index contributed by atoms with van der Waals surface area (Å²) < 4.78 is 13.6. The second-order valence-corrected chi connectivity index (χ2v) is 7.78. The molecule has 1 amide bonds. The predicted molar refractivity (Wildman–Crippen MR) is 117 cm³/mol. The maximum absolute atomic E-state index is 13.6. The lowest BCUT2D eigenvalue weighted by Crippen LogP contribution is -2.29. The standard InChI is InChI=1S/C26H22FNO3/c1-16-8-9-17(2)21(14-16)24(29)22-23(19-10-12-20(27)13-11-19)28(26(31)25(22)30)15-18-6-4-3-5-7-18/h3-14,23,29H,15H2,1-2H3. The molecule has 0 spiro atoms. The highest BCUT2D eigenvalue weighted by Gasteiger charge is 2.46. The molecule has 0 radical (unpaired) electrons. The number of likely N-dealkylation sites (tertiary alicyclic amines) is 1. The van der Waals surface area contributed by atoms with E-state index in [9.17, 15) is 19.1 Å².